The number of hydrogen-bond donors (Lipinski definition) is 1. The number of ether oxygens (including phenoxy) is 1. The Balaban J connectivity index is 2.02. The van der Waals surface area contributed by atoms with Crippen molar-refractivity contribution in [3.63, 3.8) is 0 Å². The normalized spacial score (nSPS) is 30.2. The Morgan fingerprint density at radius 2 is 2.44 bits per heavy atom. The highest BCUT2D eigenvalue weighted by Crippen LogP contribution is 2.32. The topological polar surface area (TPSA) is 42.4 Å². The van der Waals surface area contributed by atoms with Gasteiger partial charge in [-0.1, -0.05) is 6.07 Å². The molecule has 1 aliphatic rings. The Bertz CT molecular complexity index is 328. The van der Waals surface area contributed by atoms with Crippen molar-refractivity contribution in [2.45, 2.75) is 43.8 Å². The summed E-state index contributed by atoms with van der Waals surface area (Å²) in [4.78, 5) is 4.27. The molecule has 0 saturated heterocycles. The van der Waals surface area contributed by atoms with Crippen molar-refractivity contribution in [1.82, 2.24) is 4.98 Å². The van der Waals surface area contributed by atoms with Gasteiger partial charge in [0.15, 0.2) is 0 Å². The smallest absolute Gasteiger partial charge is 0.0727 e. The summed E-state index contributed by atoms with van der Waals surface area (Å²) in [5.41, 5.74) is 0.328. The molecular formula is C13H19NO2. The van der Waals surface area contributed by atoms with E-state index in [1.54, 1.807) is 13.3 Å². The molecule has 1 aromatic heterocycles. The zero-order chi connectivity index (χ0) is 11.4. The summed E-state index contributed by atoms with van der Waals surface area (Å²) in [6.45, 7) is 0. The number of aromatic nitrogens is 1. The Morgan fingerprint density at radius 3 is 3.12 bits per heavy atom. The van der Waals surface area contributed by atoms with Gasteiger partial charge in [0.2, 0.25) is 0 Å². The van der Waals surface area contributed by atoms with Gasteiger partial charge < -0.3 is 9.84 Å². The number of rotatable bonds is 3. The van der Waals surface area contributed by atoms with Crippen molar-refractivity contribution < 1.29 is 9.84 Å². The van der Waals surface area contributed by atoms with E-state index in [2.05, 4.69) is 4.98 Å². The molecule has 2 unspecified atom stereocenters. The molecular weight excluding hydrogens is 202 g/mol. The average Bonchev–Trinajstić information content (AvgIpc) is 2.29. The van der Waals surface area contributed by atoms with Crippen LogP contribution in [0.2, 0.25) is 0 Å². The standard InChI is InChI=1S/C13H19NO2/c1-16-12-6-4-7-13(15,10-12)9-11-5-2-3-8-14-11/h2-3,5,8,12,15H,4,6-7,9-10H2,1H3. The second-order valence-corrected chi connectivity index (χ2v) is 4.68. The molecule has 1 aromatic rings. The van der Waals surface area contributed by atoms with E-state index in [9.17, 15) is 5.11 Å². The molecule has 88 valence electrons. The molecule has 0 amide bonds. The summed E-state index contributed by atoms with van der Waals surface area (Å²) < 4.78 is 5.34. The first-order valence-electron chi connectivity index (χ1n) is 5.87. The molecule has 0 aromatic carbocycles. The maximum absolute atomic E-state index is 10.5. The van der Waals surface area contributed by atoms with Crippen LogP contribution < -0.4 is 0 Å². The first-order valence-corrected chi connectivity index (χ1v) is 5.87. The third kappa shape index (κ3) is 2.80. The monoisotopic (exact) mass is 221 g/mol. The van der Waals surface area contributed by atoms with Crippen LogP contribution >= 0.6 is 0 Å². The summed E-state index contributed by atoms with van der Waals surface area (Å²) in [6.07, 6.45) is 6.26. The van der Waals surface area contributed by atoms with E-state index in [0.29, 0.717) is 6.42 Å². The highest BCUT2D eigenvalue weighted by Gasteiger charge is 2.34. The van der Waals surface area contributed by atoms with Crippen LogP contribution in [0.4, 0.5) is 0 Å². The van der Waals surface area contributed by atoms with Crippen LogP contribution in [0.3, 0.4) is 0 Å². The highest BCUT2D eigenvalue weighted by atomic mass is 16.5. The molecule has 0 bridgehead atoms. The quantitative estimate of drug-likeness (QED) is 0.848. The lowest BCUT2D eigenvalue weighted by Gasteiger charge is -2.36. The van der Waals surface area contributed by atoms with Crippen molar-refractivity contribution in [2.75, 3.05) is 7.11 Å². The molecule has 2 rings (SSSR count). The van der Waals surface area contributed by atoms with Crippen LogP contribution in [0.5, 0.6) is 0 Å². The zero-order valence-electron chi connectivity index (χ0n) is 9.72. The molecule has 2 atom stereocenters. The van der Waals surface area contributed by atoms with Crippen LogP contribution in [0.25, 0.3) is 0 Å². The van der Waals surface area contributed by atoms with Crippen molar-refractivity contribution in [1.29, 1.82) is 0 Å². The predicted molar refractivity (Wildman–Crippen MR) is 62.2 cm³/mol. The van der Waals surface area contributed by atoms with E-state index in [1.165, 1.54) is 0 Å². The molecule has 1 aliphatic carbocycles. The minimum atomic E-state index is -0.632. The summed E-state index contributed by atoms with van der Waals surface area (Å²) in [7, 11) is 1.72. The Labute approximate surface area is 96.5 Å². The molecule has 1 N–H and O–H groups in total. The van der Waals surface area contributed by atoms with Crippen LogP contribution in [-0.4, -0.2) is 28.9 Å². The lowest BCUT2D eigenvalue weighted by atomic mass is 9.80. The van der Waals surface area contributed by atoms with Gasteiger partial charge in [-0.15, -0.1) is 0 Å². The van der Waals surface area contributed by atoms with E-state index >= 15 is 0 Å². The number of methoxy groups -OCH3 is 1. The maximum atomic E-state index is 10.5. The molecule has 1 heterocycles. The van der Waals surface area contributed by atoms with Crippen molar-refractivity contribution in [3.8, 4) is 0 Å². The van der Waals surface area contributed by atoms with Gasteiger partial charge in [-0.3, -0.25) is 4.98 Å². The fourth-order valence-corrected chi connectivity index (χ4v) is 2.49. The van der Waals surface area contributed by atoms with E-state index < -0.39 is 5.60 Å². The summed E-state index contributed by atoms with van der Waals surface area (Å²) in [5.74, 6) is 0. The Kier molecular flexibility index (Phi) is 3.56. The SMILES string of the molecule is COC1CCCC(O)(Cc2ccccn2)C1. The fraction of sp³-hybridized carbons (Fsp3) is 0.615. The second-order valence-electron chi connectivity index (χ2n) is 4.68. The lowest BCUT2D eigenvalue weighted by molar-refractivity contribution is -0.0586. The van der Waals surface area contributed by atoms with Gasteiger partial charge in [-0.2, -0.15) is 0 Å². The number of hydrogen-bond acceptors (Lipinski definition) is 3. The third-order valence-corrected chi connectivity index (χ3v) is 3.35. The summed E-state index contributed by atoms with van der Waals surface area (Å²) in [5, 5.41) is 10.5. The van der Waals surface area contributed by atoms with E-state index in [1.807, 2.05) is 18.2 Å². The van der Waals surface area contributed by atoms with Gasteiger partial charge in [0.25, 0.3) is 0 Å². The molecule has 0 spiro atoms. The molecule has 3 nitrogen and oxygen atoms in total. The Hall–Kier alpha value is -0.930. The molecule has 16 heavy (non-hydrogen) atoms. The number of nitrogens with zero attached hydrogens (tertiary/aromatic N) is 1. The van der Waals surface area contributed by atoms with Gasteiger partial charge in [0.1, 0.15) is 0 Å². The largest absolute Gasteiger partial charge is 0.389 e. The van der Waals surface area contributed by atoms with Gasteiger partial charge in [-0.25, -0.2) is 0 Å². The average molecular weight is 221 g/mol. The van der Waals surface area contributed by atoms with Crippen molar-refractivity contribution in [2.24, 2.45) is 0 Å². The molecule has 0 radical (unpaired) electrons. The highest BCUT2D eigenvalue weighted by molar-refractivity contribution is 5.08. The van der Waals surface area contributed by atoms with E-state index in [-0.39, 0.29) is 6.10 Å². The summed E-state index contributed by atoms with van der Waals surface area (Å²) >= 11 is 0. The van der Waals surface area contributed by atoms with Gasteiger partial charge in [-0.05, 0) is 31.4 Å². The Morgan fingerprint density at radius 1 is 1.56 bits per heavy atom. The second kappa shape index (κ2) is 4.93. The molecule has 3 heteroatoms. The van der Waals surface area contributed by atoms with Crippen LogP contribution in [-0.2, 0) is 11.2 Å². The van der Waals surface area contributed by atoms with E-state index in [0.717, 1.165) is 31.4 Å². The van der Waals surface area contributed by atoms with Gasteiger partial charge >= 0.3 is 0 Å². The minimum absolute atomic E-state index is 0.197. The fourth-order valence-electron chi connectivity index (χ4n) is 2.49. The minimum Gasteiger partial charge on any atom is -0.389 e. The predicted octanol–water partition coefficient (Wildman–Crippen LogP) is 1.94. The lowest BCUT2D eigenvalue weighted by Crippen LogP contribution is -2.40. The molecule has 1 saturated carbocycles. The summed E-state index contributed by atoms with van der Waals surface area (Å²) in [6, 6.07) is 5.82. The number of pyridine rings is 1. The molecule has 1 fully saturated rings. The molecule has 0 aliphatic heterocycles. The van der Waals surface area contributed by atoms with Crippen molar-refractivity contribution in [3.05, 3.63) is 30.1 Å². The first kappa shape index (κ1) is 11.6. The van der Waals surface area contributed by atoms with E-state index in [4.69, 9.17) is 4.74 Å². The van der Waals surface area contributed by atoms with Gasteiger partial charge in [0.05, 0.1) is 11.7 Å². The number of aliphatic hydroxyl groups is 1. The van der Waals surface area contributed by atoms with Crippen LogP contribution in [0.15, 0.2) is 24.4 Å². The zero-order valence-corrected chi connectivity index (χ0v) is 9.72. The first-order chi connectivity index (χ1) is 7.72. The van der Waals surface area contributed by atoms with Gasteiger partial charge in [0, 0.05) is 31.8 Å². The van der Waals surface area contributed by atoms with Crippen LogP contribution in [0.1, 0.15) is 31.4 Å². The van der Waals surface area contributed by atoms with Crippen molar-refractivity contribution >= 4 is 0 Å². The van der Waals surface area contributed by atoms with Crippen LogP contribution in [0, 0.1) is 0 Å². The third-order valence-electron chi connectivity index (χ3n) is 3.35. The maximum Gasteiger partial charge on any atom is 0.0727 e.